The van der Waals surface area contributed by atoms with E-state index in [1.807, 2.05) is 6.92 Å². The number of aliphatic hydroxyl groups is 4. The molecule has 10 amide bonds. The first-order chi connectivity index (χ1) is 37.3. The molecular formula is C50H92N14O15. The summed E-state index contributed by atoms with van der Waals surface area (Å²) in [4.78, 5) is 151. The molecule has 13 atom stereocenters. The van der Waals surface area contributed by atoms with Crippen molar-refractivity contribution >= 4 is 64.9 Å². The molecule has 22 N–H and O–H groups in total. The van der Waals surface area contributed by atoms with Crippen molar-refractivity contribution in [2.75, 3.05) is 39.3 Å². The second kappa shape index (κ2) is 37.8. The van der Waals surface area contributed by atoms with E-state index in [9.17, 15) is 73.2 Å². The standard InChI is InChI=1S/C50H92N14O15/c1-7-8-9-10-11-12-38(70)56-32(14-19-52)45(74)64-41(29(6)68)50(79)61-36(25-65)47(76)59-35-17-22-55-48(77)39(27(4)66)63-46(75)34(16-21-54)58-43(72)33(15-20-53)60-49(78)40(28(5)67)62-42(71)30(23-26(2)3)24-37(69)31(13-18-51)57-44(35)73/h26-36,39-41,65-68H,7-25,51-54H2,1-6H3,(H,55,77)(H,56,70)(H,57,73)(H,58,72)(H,59,76)(H,60,78)(H,61,79)(H,62,71)(H,63,75)(H,64,74)/t27-,28?,29?,30+,31+,32+,33+,34+,35+,36-,39?,40?,41+/m1/s1. The van der Waals surface area contributed by atoms with Crippen LogP contribution in [0.1, 0.15) is 125 Å². The van der Waals surface area contributed by atoms with E-state index >= 15 is 0 Å². The van der Waals surface area contributed by atoms with Crippen LogP contribution in [0.4, 0.5) is 0 Å². The molecule has 1 fully saturated rings. The minimum absolute atomic E-state index is 0.0390. The Morgan fingerprint density at radius 2 is 1.13 bits per heavy atom. The molecule has 1 rings (SSSR count). The maximum atomic E-state index is 14.3. The van der Waals surface area contributed by atoms with E-state index in [1.54, 1.807) is 13.8 Å². The number of rotatable bonds is 27. The van der Waals surface area contributed by atoms with Crippen LogP contribution in [0.15, 0.2) is 0 Å². The number of Topliss-reactive ketones (excluding diaryl/α,β-unsaturated/α-hetero) is 1. The van der Waals surface area contributed by atoms with Gasteiger partial charge in [-0.15, -0.1) is 0 Å². The van der Waals surface area contributed by atoms with Crippen molar-refractivity contribution in [2.24, 2.45) is 34.8 Å². The van der Waals surface area contributed by atoms with E-state index in [2.05, 4.69) is 53.2 Å². The summed E-state index contributed by atoms with van der Waals surface area (Å²) in [7, 11) is 0. The van der Waals surface area contributed by atoms with Gasteiger partial charge in [-0.2, -0.15) is 0 Å². The summed E-state index contributed by atoms with van der Waals surface area (Å²) >= 11 is 0. The zero-order chi connectivity index (χ0) is 59.9. The Bertz CT molecular complexity index is 2000. The van der Waals surface area contributed by atoms with Gasteiger partial charge in [-0.05, 0) is 97.8 Å². The minimum atomic E-state index is -1.88. The molecule has 4 unspecified atom stereocenters. The zero-order valence-electron chi connectivity index (χ0n) is 46.6. The average molecular weight is 1130 g/mol. The zero-order valence-corrected chi connectivity index (χ0v) is 46.6. The fourth-order valence-corrected chi connectivity index (χ4v) is 8.43. The third-order valence-electron chi connectivity index (χ3n) is 12.9. The number of hydrogen-bond acceptors (Lipinski definition) is 19. The van der Waals surface area contributed by atoms with E-state index in [-0.39, 0.29) is 70.6 Å². The molecule has 79 heavy (non-hydrogen) atoms. The van der Waals surface area contributed by atoms with E-state index in [1.165, 1.54) is 13.8 Å². The van der Waals surface area contributed by atoms with Gasteiger partial charge in [-0.25, -0.2) is 0 Å². The smallest absolute Gasteiger partial charge is 0.245 e. The Hall–Kier alpha value is -5.95. The van der Waals surface area contributed by atoms with Crippen molar-refractivity contribution < 1.29 is 73.2 Å². The molecule has 0 bridgehead atoms. The van der Waals surface area contributed by atoms with Gasteiger partial charge in [-0.3, -0.25) is 52.7 Å². The van der Waals surface area contributed by atoms with Crippen LogP contribution in [0.3, 0.4) is 0 Å². The van der Waals surface area contributed by atoms with Gasteiger partial charge < -0.3 is 96.5 Å². The molecule has 0 saturated carbocycles. The highest BCUT2D eigenvalue weighted by Crippen LogP contribution is 2.19. The maximum Gasteiger partial charge on any atom is 0.245 e. The number of carbonyl (C=O) groups excluding carboxylic acids is 11. The summed E-state index contributed by atoms with van der Waals surface area (Å²) in [5.41, 5.74) is 23.1. The highest BCUT2D eigenvalue weighted by molar-refractivity contribution is 5.99. The molecule has 1 aliphatic rings. The quantitative estimate of drug-likeness (QED) is 0.0340. The highest BCUT2D eigenvalue weighted by atomic mass is 16.3. The summed E-state index contributed by atoms with van der Waals surface area (Å²) in [6.07, 6.45) is -1.97. The van der Waals surface area contributed by atoms with Gasteiger partial charge in [0.1, 0.15) is 48.3 Å². The topological polar surface area (TPSA) is 493 Å². The van der Waals surface area contributed by atoms with Gasteiger partial charge >= 0.3 is 0 Å². The molecule has 0 aliphatic carbocycles. The first-order valence-electron chi connectivity index (χ1n) is 27.3. The Kier molecular flexibility index (Phi) is 34.0. The van der Waals surface area contributed by atoms with Gasteiger partial charge in [-0.1, -0.05) is 46.5 Å². The third-order valence-corrected chi connectivity index (χ3v) is 12.9. The van der Waals surface area contributed by atoms with Crippen LogP contribution in [0.2, 0.25) is 0 Å². The van der Waals surface area contributed by atoms with Crippen LogP contribution in [-0.2, 0) is 52.7 Å². The van der Waals surface area contributed by atoms with E-state index in [4.69, 9.17) is 22.9 Å². The van der Waals surface area contributed by atoms with E-state index in [0.29, 0.717) is 6.42 Å². The Balaban J connectivity index is 3.76. The lowest BCUT2D eigenvalue weighted by atomic mass is 9.88. The second-order valence-corrected chi connectivity index (χ2v) is 20.3. The van der Waals surface area contributed by atoms with Gasteiger partial charge in [0.05, 0.1) is 31.0 Å². The maximum absolute atomic E-state index is 14.3. The summed E-state index contributed by atoms with van der Waals surface area (Å²) in [6, 6.07) is -14.3. The molecule has 0 aromatic rings. The van der Waals surface area contributed by atoms with E-state index in [0.717, 1.165) is 32.6 Å². The predicted octanol–water partition coefficient (Wildman–Crippen LogP) is -6.62. The number of nitrogens with one attached hydrogen (secondary N) is 10. The monoisotopic (exact) mass is 1130 g/mol. The number of carbonyl (C=O) groups is 11. The van der Waals surface area contributed by atoms with Crippen molar-refractivity contribution in [2.45, 2.75) is 198 Å². The third kappa shape index (κ3) is 25.8. The molecule has 0 aromatic carbocycles. The molecular weight excluding hydrogens is 1040 g/mol. The van der Waals surface area contributed by atoms with Crippen LogP contribution in [0, 0.1) is 11.8 Å². The minimum Gasteiger partial charge on any atom is -0.394 e. The molecule has 1 saturated heterocycles. The molecule has 0 radical (unpaired) electrons. The normalized spacial score (nSPS) is 23.9. The van der Waals surface area contributed by atoms with Crippen molar-refractivity contribution in [1.82, 2.24) is 53.2 Å². The van der Waals surface area contributed by atoms with Crippen LogP contribution in [0.5, 0.6) is 0 Å². The largest absolute Gasteiger partial charge is 0.394 e. The van der Waals surface area contributed by atoms with Crippen molar-refractivity contribution in [1.29, 1.82) is 0 Å². The van der Waals surface area contributed by atoms with Crippen LogP contribution in [0.25, 0.3) is 0 Å². The number of amides is 10. The Morgan fingerprint density at radius 3 is 1.66 bits per heavy atom. The lowest BCUT2D eigenvalue weighted by molar-refractivity contribution is -0.138. The first-order valence-corrected chi connectivity index (χ1v) is 27.3. The molecule has 0 aromatic heterocycles. The van der Waals surface area contributed by atoms with Crippen molar-refractivity contribution in [3.63, 3.8) is 0 Å². The van der Waals surface area contributed by atoms with Crippen LogP contribution in [-0.4, -0.2) is 197 Å². The van der Waals surface area contributed by atoms with Gasteiger partial charge in [0.15, 0.2) is 5.78 Å². The fraction of sp³-hybridized carbons (Fsp3) is 0.780. The Morgan fingerprint density at radius 1 is 0.595 bits per heavy atom. The summed E-state index contributed by atoms with van der Waals surface area (Å²) in [5.74, 6) is -11.7. The number of aliphatic hydroxyl groups excluding tert-OH is 4. The van der Waals surface area contributed by atoms with Gasteiger partial charge in [0, 0.05) is 25.3 Å². The van der Waals surface area contributed by atoms with Crippen LogP contribution >= 0.6 is 0 Å². The predicted molar refractivity (Wildman–Crippen MR) is 288 cm³/mol. The molecule has 1 heterocycles. The number of nitrogens with two attached hydrogens (primary N) is 4. The van der Waals surface area contributed by atoms with Crippen molar-refractivity contribution in [3.05, 3.63) is 0 Å². The van der Waals surface area contributed by atoms with E-state index < -0.39 is 169 Å². The molecule has 452 valence electrons. The average Bonchev–Trinajstić information content (AvgIpc) is 3.37. The van der Waals surface area contributed by atoms with Crippen LogP contribution < -0.4 is 76.1 Å². The van der Waals surface area contributed by atoms with Gasteiger partial charge in [0.25, 0.3) is 0 Å². The molecule has 29 heteroatoms. The Labute approximate surface area is 461 Å². The molecule has 29 nitrogen and oxygen atoms in total. The lowest BCUT2D eigenvalue weighted by Crippen LogP contribution is -2.62. The number of hydrogen-bond donors (Lipinski definition) is 18. The first kappa shape index (κ1) is 71.1. The SMILES string of the molecule is CCCCCCCC(=O)N[C@@H](CCN)C(=O)N[C@H](C(=O)N[C@H](CO)C(=O)N[C@H]1CCNC(=O)C([C@@H](C)O)NC(=O)[C@H](CCN)NC(=O)[C@H](CCN)NC(=O)C(C(C)O)NC(=O)[C@@H](CC(C)C)CC(=O)[C@H](CCN)NC1=O)C(C)O. The highest BCUT2D eigenvalue weighted by Gasteiger charge is 2.38. The lowest BCUT2D eigenvalue weighted by Gasteiger charge is -2.28. The molecule has 0 spiro atoms. The summed E-state index contributed by atoms with van der Waals surface area (Å²) < 4.78 is 0. The molecule has 1 aliphatic heterocycles. The summed E-state index contributed by atoms with van der Waals surface area (Å²) in [5, 5.41) is 66.6. The fourth-order valence-electron chi connectivity index (χ4n) is 8.43. The summed E-state index contributed by atoms with van der Waals surface area (Å²) in [6.45, 7) is 6.89. The van der Waals surface area contributed by atoms with Gasteiger partial charge in [0.2, 0.25) is 59.1 Å². The second-order valence-electron chi connectivity index (χ2n) is 20.3. The number of ketones is 1. The number of unbranched alkanes of at least 4 members (excludes halogenated alkanes) is 4. The van der Waals surface area contributed by atoms with Crippen molar-refractivity contribution in [3.8, 4) is 0 Å².